The van der Waals surface area contributed by atoms with Gasteiger partial charge in [0, 0.05) is 18.0 Å². The fourth-order valence-corrected chi connectivity index (χ4v) is 3.50. The molecule has 1 saturated heterocycles. The van der Waals surface area contributed by atoms with E-state index in [1.165, 1.54) is 15.7 Å². The van der Waals surface area contributed by atoms with E-state index < -0.39 is 0 Å². The Morgan fingerprint density at radius 1 is 1.60 bits per heavy atom. The topological polar surface area (TPSA) is 75.7 Å². The van der Waals surface area contributed by atoms with E-state index in [0.717, 1.165) is 19.5 Å². The van der Waals surface area contributed by atoms with Crippen molar-refractivity contribution in [3.63, 3.8) is 0 Å². The van der Waals surface area contributed by atoms with Gasteiger partial charge in [-0.3, -0.25) is 0 Å². The molecule has 1 aliphatic heterocycles. The first kappa shape index (κ1) is 13.3. The van der Waals surface area contributed by atoms with Gasteiger partial charge in [-0.2, -0.15) is 9.38 Å². The number of rotatable bonds is 3. The van der Waals surface area contributed by atoms with Gasteiger partial charge in [0.15, 0.2) is 0 Å². The van der Waals surface area contributed by atoms with Crippen LogP contribution < -0.4 is 5.32 Å². The standard InChI is InChI=1S/C12H17N5O2S/c1-8-7-15(2)4-3-9(8)13-10-11(17(18)19)16-5-6-20-12(16)14-10/h5-6,8-9,13H,3-4,7H2,1-2H3. The van der Waals surface area contributed by atoms with Gasteiger partial charge < -0.3 is 20.3 Å². The molecule has 7 nitrogen and oxygen atoms in total. The molecular weight excluding hydrogens is 278 g/mol. The number of fused-ring (bicyclic) bond motifs is 1. The largest absolute Gasteiger partial charge is 0.372 e. The van der Waals surface area contributed by atoms with Crippen LogP contribution in [-0.2, 0) is 0 Å². The highest BCUT2D eigenvalue weighted by Crippen LogP contribution is 2.30. The Morgan fingerprint density at radius 3 is 3.10 bits per heavy atom. The van der Waals surface area contributed by atoms with Crippen molar-refractivity contribution in [2.45, 2.75) is 19.4 Å². The molecule has 1 N–H and O–H groups in total. The van der Waals surface area contributed by atoms with Gasteiger partial charge in [0.2, 0.25) is 5.82 Å². The lowest BCUT2D eigenvalue weighted by Crippen LogP contribution is -2.43. The molecule has 0 radical (unpaired) electrons. The van der Waals surface area contributed by atoms with Crippen LogP contribution in [0.3, 0.4) is 0 Å². The van der Waals surface area contributed by atoms with E-state index >= 15 is 0 Å². The molecule has 20 heavy (non-hydrogen) atoms. The van der Waals surface area contributed by atoms with Crippen LogP contribution in [0.2, 0.25) is 0 Å². The maximum atomic E-state index is 11.3. The summed E-state index contributed by atoms with van der Waals surface area (Å²) in [5, 5.41) is 16.4. The highest BCUT2D eigenvalue weighted by Gasteiger charge is 2.29. The van der Waals surface area contributed by atoms with E-state index in [0.29, 0.717) is 16.7 Å². The van der Waals surface area contributed by atoms with E-state index in [1.54, 1.807) is 11.6 Å². The van der Waals surface area contributed by atoms with Crippen LogP contribution in [-0.4, -0.2) is 45.4 Å². The summed E-state index contributed by atoms with van der Waals surface area (Å²) in [6.45, 7) is 4.16. The molecule has 2 unspecified atom stereocenters. The Balaban J connectivity index is 1.88. The second-order valence-electron chi connectivity index (χ2n) is 5.38. The van der Waals surface area contributed by atoms with Crippen molar-refractivity contribution in [3.05, 3.63) is 21.7 Å². The number of thiazole rings is 1. The van der Waals surface area contributed by atoms with Crippen LogP contribution in [0, 0.1) is 16.0 Å². The van der Waals surface area contributed by atoms with Crippen molar-refractivity contribution in [2.24, 2.45) is 5.92 Å². The Kier molecular flexibility index (Phi) is 3.35. The number of hydrogen-bond donors (Lipinski definition) is 1. The van der Waals surface area contributed by atoms with E-state index in [4.69, 9.17) is 0 Å². The van der Waals surface area contributed by atoms with Gasteiger partial charge in [-0.15, -0.1) is 0 Å². The monoisotopic (exact) mass is 295 g/mol. The normalized spacial score (nSPS) is 24.1. The van der Waals surface area contributed by atoms with Crippen LogP contribution in [0.15, 0.2) is 11.6 Å². The summed E-state index contributed by atoms with van der Waals surface area (Å²) in [6.07, 6.45) is 2.66. The van der Waals surface area contributed by atoms with Gasteiger partial charge in [-0.25, -0.2) is 0 Å². The lowest BCUT2D eigenvalue weighted by molar-refractivity contribution is -0.389. The number of nitrogens with one attached hydrogen (secondary N) is 1. The molecule has 3 rings (SSSR count). The third-order valence-electron chi connectivity index (χ3n) is 3.84. The number of likely N-dealkylation sites (tertiary alicyclic amines) is 1. The molecular formula is C12H17N5O2S. The van der Waals surface area contributed by atoms with Crippen LogP contribution in [0.5, 0.6) is 0 Å². The maximum absolute atomic E-state index is 11.3. The molecule has 0 aromatic carbocycles. The van der Waals surface area contributed by atoms with Crippen molar-refractivity contribution < 1.29 is 4.92 Å². The van der Waals surface area contributed by atoms with E-state index in [-0.39, 0.29) is 16.8 Å². The number of nitrogens with zero attached hydrogens (tertiary/aromatic N) is 4. The predicted octanol–water partition coefficient (Wildman–Crippen LogP) is 2.06. The Hall–Kier alpha value is -1.67. The van der Waals surface area contributed by atoms with Gasteiger partial charge >= 0.3 is 5.82 Å². The summed E-state index contributed by atoms with van der Waals surface area (Å²) in [7, 11) is 2.10. The number of nitro groups is 1. The fourth-order valence-electron chi connectivity index (χ4n) is 2.79. The van der Waals surface area contributed by atoms with Gasteiger partial charge in [-0.1, -0.05) is 18.3 Å². The van der Waals surface area contributed by atoms with Crippen LogP contribution in [0.4, 0.5) is 11.6 Å². The number of hydrogen-bond acceptors (Lipinski definition) is 6. The summed E-state index contributed by atoms with van der Waals surface area (Å²) in [5.41, 5.74) is 0. The molecule has 1 fully saturated rings. The average molecular weight is 295 g/mol. The molecule has 2 atom stereocenters. The number of anilines is 1. The van der Waals surface area contributed by atoms with Gasteiger partial charge in [0.1, 0.15) is 6.20 Å². The Bertz CT molecular complexity index is 637. The van der Waals surface area contributed by atoms with E-state index in [1.807, 2.05) is 0 Å². The molecule has 108 valence electrons. The maximum Gasteiger partial charge on any atom is 0.372 e. The van der Waals surface area contributed by atoms with Gasteiger partial charge in [0.05, 0.1) is 0 Å². The first-order valence-corrected chi connectivity index (χ1v) is 7.49. The quantitative estimate of drug-likeness (QED) is 0.693. The predicted molar refractivity (Wildman–Crippen MR) is 78.4 cm³/mol. The van der Waals surface area contributed by atoms with Gasteiger partial charge in [-0.05, 0) is 30.9 Å². The van der Waals surface area contributed by atoms with Crippen molar-refractivity contribution in [1.29, 1.82) is 0 Å². The highest BCUT2D eigenvalue weighted by atomic mass is 32.1. The van der Waals surface area contributed by atoms with Crippen molar-refractivity contribution in [3.8, 4) is 0 Å². The molecule has 0 saturated carbocycles. The zero-order valence-electron chi connectivity index (χ0n) is 11.4. The molecule has 0 amide bonds. The summed E-state index contributed by atoms with van der Waals surface area (Å²) < 4.78 is 1.53. The minimum Gasteiger partial charge on any atom is -0.360 e. The minimum atomic E-state index is -0.366. The van der Waals surface area contributed by atoms with Crippen molar-refractivity contribution in [1.82, 2.24) is 14.3 Å². The third-order valence-corrected chi connectivity index (χ3v) is 4.60. The van der Waals surface area contributed by atoms with Crippen LogP contribution in [0.25, 0.3) is 4.96 Å². The first-order chi connectivity index (χ1) is 9.56. The molecule has 0 bridgehead atoms. The van der Waals surface area contributed by atoms with E-state index in [2.05, 4.69) is 29.2 Å². The molecule has 8 heteroatoms. The SMILES string of the molecule is CC1CN(C)CCC1Nc1nc2sccn2c1[N+](=O)[O-]. The number of aromatic nitrogens is 2. The fraction of sp³-hybridized carbons (Fsp3) is 0.583. The Labute approximate surface area is 120 Å². The Morgan fingerprint density at radius 2 is 2.40 bits per heavy atom. The summed E-state index contributed by atoms with van der Waals surface area (Å²) in [4.78, 5) is 18.2. The summed E-state index contributed by atoms with van der Waals surface area (Å²) in [5.74, 6) is 0.865. The lowest BCUT2D eigenvalue weighted by Gasteiger charge is -2.35. The average Bonchev–Trinajstić information content (AvgIpc) is 2.91. The third kappa shape index (κ3) is 2.25. The molecule has 0 spiro atoms. The number of imidazole rings is 1. The number of piperidine rings is 1. The summed E-state index contributed by atoms with van der Waals surface area (Å²) in [6, 6.07) is 0.231. The smallest absolute Gasteiger partial charge is 0.360 e. The molecule has 1 aliphatic rings. The second kappa shape index (κ2) is 5.02. The molecule has 0 aliphatic carbocycles. The minimum absolute atomic E-state index is 0.0346. The van der Waals surface area contributed by atoms with Crippen LogP contribution in [0.1, 0.15) is 13.3 Å². The first-order valence-electron chi connectivity index (χ1n) is 6.61. The molecule has 2 aromatic rings. The van der Waals surface area contributed by atoms with Crippen molar-refractivity contribution >= 4 is 27.9 Å². The zero-order valence-corrected chi connectivity index (χ0v) is 12.3. The second-order valence-corrected chi connectivity index (χ2v) is 6.25. The van der Waals surface area contributed by atoms with Crippen molar-refractivity contribution in [2.75, 3.05) is 25.5 Å². The highest BCUT2D eigenvalue weighted by molar-refractivity contribution is 7.15. The van der Waals surface area contributed by atoms with E-state index in [9.17, 15) is 10.1 Å². The lowest BCUT2D eigenvalue weighted by atomic mass is 9.94. The molecule has 2 aromatic heterocycles. The zero-order chi connectivity index (χ0) is 14.3. The molecule has 3 heterocycles. The van der Waals surface area contributed by atoms with Gasteiger partial charge in [0.25, 0.3) is 4.96 Å². The summed E-state index contributed by atoms with van der Waals surface area (Å²) >= 11 is 1.40. The van der Waals surface area contributed by atoms with Crippen LogP contribution >= 0.6 is 11.3 Å².